The zero-order valence-corrected chi connectivity index (χ0v) is 17.8. The van der Waals surface area contributed by atoms with Gasteiger partial charge in [0.2, 0.25) is 0 Å². The number of hydrogen-bond acceptors (Lipinski definition) is 8. The van der Waals surface area contributed by atoms with E-state index in [0.29, 0.717) is 21.9 Å². The molecule has 8 nitrogen and oxygen atoms in total. The second kappa shape index (κ2) is 9.53. The third-order valence-corrected chi connectivity index (χ3v) is 5.42. The first kappa shape index (κ1) is 21.5. The lowest BCUT2D eigenvalue weighted by molar-refractivity contribution is 0.0502. The average Bonchev–Trinajstić information content (AvgIpc) is 3.20. The number of fused-ring (bicyclic) bond motifs is 1. The molecule has 0 saturated carbocycles. The topological polar surface area (TPSA) is 96.7 Å². The van der Waals surface area contributed by atoms with Crippen LogP contribution in [0.25, 0.3) is 10.2 Å². The van der Waals surface area contributed by atoms with Crippen molar-refractivity contribution in [2.45, 2.75) is 26.3 Å². The van der Waals surface area contributed by atoms with Gasteiger partial charge in [-0.25, -0.2) is 9.78 Å². The van der Waals surface area contributed by atoms with Crippen LogP contribution in [0.5, 0.6) is 11.5 Å². The van der Waals surface area contributed by atoms with E-state index in [9.17, 15) is 14.4 Å². The normalized spacial score (nSPS) is 10.8. The van der Waals surface area contributed by atoms with Crippen molar-refractivity contribution in [3.8, 4) is 11.5 Å². The van der Waals surface area contributed by atoms with Gasteiger partial charge < -0.3 is 14.2 Å². The summed E-state index contributed by atoms with van der Waals surface area (Å²) in [5, 5.41) is 1.73. The van der Waals surface area contributed by atoms with Crippen LogP contribution in [0.1, 0.15) is 40.5 Å². The van der Waals surface area contributed by atoms with E-state index in [1.807, 2.05) is 6.92 Å². The number of carbonyl (C=O) groups excluding carboxylic acids is 2. The number of carbonyl (C=O) groups is 2. The zero-order valence-electron chi connectivity index (χ0n) is 17.0. The fourth-order valence-corrected chi connectivity index (χ4v) is 3.75. The predicted molar refractivity (Wildman–Crippen MR) is 113 cm³/mol. The highest BCUT2D eigenvalue weighted by Gasteiger charge is 2.20. The van der Waals surface area contributed by atoms with Crippen LogP contribution in [0.15, 0.2) is 34.7 Å². The summed E-state index contributed by atoms with van der Waals surface area (Å²) >= 11 is 1.19. The molecule has 0 fully saturated rings. The van der Waals surface area contributed by atoms with E-state index in [-0.39, 0.29) is 29.9 Å². The van der Waals surface area contributed by atoms with E-state index in [1.54, 1.807) is 23.6 Å². The van der Waals surface area contributed by atoms with E-state index >= 15 is 0 Å². The Morgan fingerprint density at radius 2 is 1.97 bits per heavy atom. The predicted octanol–water partition coefficient (Wildman–Crippen LogP) is 3.32. The number of rotatable bonds is 9. The number of benzene rings is 1. The minimum Gasteiger partial charge on any atom is -0.497 e. The Kier molecular flexibility index (Phi) is 6.83. The maximum atomic E-state index is 13.0. The number of hydrogen-bond donors (Lipinski definition) is 0. The van der Waals surface area contributed by atoms with Crippen LogP contribution in [0.4, 0.5) is 0 Å². The van der Waals surface area contributed by atoms with Gasteiger partial charge in [0, 0.05) is 11.4 Å². The van der Waals surface area contributed by atoms with E-state index in [0.717, 1.165) is 12.8 Å². The second-order valence-electron chi connectivity index (χ2n) is 6.49. The summed E-state index contributed by atoms with van der Waals surface area (Å²) in [7, 11) is 2.97. The average molecular weight is 430 g/mol. The lowest BCUT2D eigenvalue weighted by atomic mass is 10.1. The number of methoxy groups -OCH3 is 2. The maximum absolute atomic E-state index is 13.0. The molecule has 0 atom stereocenters. The largest absolute Gasteiger partial charge is 0.497 e. The molecule has 30 heavy (non-hydrogen) atoms. The van der Waals surface area contributed by atoms with Gasteiger partial charge in [0.25, 0.3) is 5.56 Å². The minimum absolute atomic E-state index is 0.165. The highest BCUT2D eigenvalue weighted by Crippen LogP contribution is 2.26. The number of Topliss-reactive ketones (excluding diaryl/α,β-unsaturated/α-hetero) is 1. The van der Waals surface area contributed by atoms with E-state index in [2.05, 4.69) is 4.98 Å². The number of thiophene rings is 1. The molecule has 0 aliphatic carbocycles. The van der Waals surface area contributed by atoms with Gasteiger partial charge in [-0.2, -0.15) is 0 Å². The van der Waals surface area contributed by atoms with Crippen molar-refractivity contribution >= 4 is 33.3 Å². The maximum Gasteiger partial charge on any atom is 0.339 e. The highest BCUT2D eigenvalue weighted by molar-refractivity contribution is 7.17. The molecule has 0 saturated heterocycles. The SMILES string of the molecule is CCCCOC(=O)c1csc2ncn(CC(=O)c3ccc(OC)cc3OC)c(=O)c12. The third kappa shape index (κ3) is 4.35. The van der Waals surface area contributed by atoms with Crippen LogP contribution < -0.4 is 15.0 Å². The first-order valence-corrected chi connectivity index (χ1v) is 10.3. The van der Waals surface area contributed by atoms with Crippen molar-refractivity contribution < 1.29 is 23.8 Å². The summed E-state index contributed by atoms with van der Waals surface area (Å²) in [5.41, 5.74) is 0.0202. The molecule has 3 aromatic rings. The van der Waals surface area contributed by atoms with Crippen molar-refractivity contribution in [1.29, 1.82) is 0 Å². The molecule has 2 heterocycles. The molecule has 0 unspecified atom stereocenters. The van der Waals surface area contributed by atoms with E-state index < -0.39 is 11.5 Å². The molecule has 0 bridgehead atoms. The number of ether oxygens (including phenoxy) is 3. The Hall–Kier alpha value is -3.20. The molecule has 2 aromatic heterocycles. The molecule has 0 spiro atoms. The molecular formula is C21H22N2O6S. The van der Waals surface area contributed by atoms with Crippen molar-refractivity contribution in [1.82, 2.24) is 9.55 Å². The summed E-state index contributed by atoms with van der Waals surface area (Å²) < 4.78 is 16.8. The molecule has 0 amide bonds. The number of aromatic nitrogens is 2. The second-order valence-corrected chi connectivity index (χ2v) is 7.34. The molecular weight excluding hydrogens is 408 g/mol. The fourth-order valence-electron chi connectivity index (χ4n) is 2.89. The van der Waals surface area contributed by atoms with Gasteiger partial charge in [0.1, 0.15) is 16.3 Å². The quantitative estimate of drug-likeness (QED) is 0.292. The minimum atomic E-state index is -0.561. The first-order chi connectivity index (χ1) is 14.5. The Morgan fingerprint density at radius 3 is 2.67 bits per heavy atom. The molecule has 0 aliphatic rings. The number of esters is 1. The summed E-state index contributed by atoms with van der Waals surface area (Å²) in [5.74, 6) is -0.000121. The van der Waals surface area contributed by atoms with Crippen molar-refractivity contribution in [2.24, 2.45) is 0 Å². The smallest absolute Gasteiger partial charge is 0.339 e. The van der Waals surface area contributed by atoms with Crippen molar-refractivity contribution in [2.75, 3.05) is 20.8 Å². The number of ketones is 1. The summed E-state index contributed by atoms with van der Waals surface area (Å²) in [6.07, 6.45) is 2.94. The molecule has 3 rings (SSSR count). The lowest BCUT2D eigenvalue weighted by Crippen LogP contribution is -2.25. The lowest BCUT2D eigenvalue weighted by Gasteiger charge is -2.10. The molecule has 9 heteroatoms. The standard InChI is InChI=1S/C21H22N2O6S/c1-4-5-8-29-21(26)15-11-30-19-18(15)20(25)23(12-22-19)10-16(24)14-7-6-13(27-2)9-17(14)28-3/h6-7,9,11-12H,4-5,8,10H2,1-3H3. The van der Waals surface area contributed by atoms with Crippen molar-refractivity contribution in [3.05, 3.63) is 51.4 Å². The van der Waals surface area contributed by atoms with Gasteiger partial charge in [-0.15, -0.1) is 11.3 Å². The van der Waals surface area contributed by atoms with Crippen LogP contribution in [0.2, 0.25) is 0 Å². The Morgan fingerprint density at radius 1 is 1.17 bits per heavy atom. The molecule has 0 radical (unpaired) electrons. The Labute approximate surface area is 177 Å². The molecule has 0 N–H and O–H groups in total. The van der Waals surface area contributed by atoms with Crippen molar-refractivity contribution in [3.63, 3.8) is 0 Å². The summed E-state index contributed by atoms with van der Waals surface area (Å²) in [4.78, 5) is 42.8. The van der Waals surface area contributed by atoms with E-state index in [4.69, 9.17) is 14.2 Å². The highest BCUT2D eigenvalue weighted by atomic mass is 32.1. The first-order valence-electron chi connectivity index (χ1n) is 9.39. The number of nitrogens with zero attached hydrogens (tertiary/aromatic N) is 2. The van der Waals surface area contributed by atoms with E-state index in [1.165, 1.54) is 36.5 Å². The Balaban J connectivity index is 1.91. The van der Waals surface area contributed by atoms with Gasteiger partial charge >= 0.3 is 5.97 Å². The van der Waals surface area contributed by atoms with Crippen LogP contribution in [0.3, 0.4) is 0 Å². The van der Waals surface area contributed by atoms with Gasteiger partial charge in [-0.3, -0.25) is 14.2 Å². The molecule has 0 aliphatic heterocycles. The van der Waals surface area contributed by atoms with Gasteiger partial charge in [0.05, 0.1) is 50.2 Å². The van der Waals surface area contributed by atoms with Crippen LogP contribution in [-0.2, 0) is 11.3 Å². The van der Waals surface area contributed by atoms with Gasteiger partial charge in [0.15, 0.2) is 5.78 Å². The zero-order chi connectivity index (χ0) is 21.7. The third-order valence-electron chi connectivity index (χ3n) is 4.53. The Bertz CT molecular complexity index is 1130. The molecule has 1 aromatic carbocycles. The summed E-state index contributed by atoms with van der Waals surface area (Å²) in [6, 6.07) is 4.82. The number of unbranched alkanes of at least 4 members (excludes halogenated alkanes) is 1. The monoisotopic (exact) mass is 430 g/mol. The summed E-state index contributed by atoms with van der Waals surface area (Å²) in [6.45, 7) is 2.03. The van der Waals surface area contributed by atoms with Crippen LogP contribution in [-0.4, -0.2) is 42.1 Å². The van der Waals surface area contributed by atoms with Crippen LogP contribution >= 0.6 is 11.3 Å². The fraction of sp³-hybridized carbons (Fsp3) is 0.333. The van der Waals surface area contributed by atoms with Crippen LogP contribution in [0, 0.1) is 0 Å². The van der Waals surface area contributed by atoms with Gasteiger partial charge in [-0.1, -0.05) is 13.3 Å². The van der Waals surface area contributed by atoms with Gasteiger partial charge in [-0.05, 0) is 18.6 Å². The molecule has 158 valence electrons.